The average molecular weight is 478 g/mol. The predicted molar refractivity (Wildman–Crippen MR) is 112 cm³/mol. The molecular weight excluding hydrogens is 455 g/mol. The number of rotatable bonds is 5. The first kappa shape index (κ1) is 22.3. The second-order valence-electron chi connectivity index (χ2n) is 8.03. The Morgan fingerprint density at radius 1 is 1.36 bits per heavy atom. The highest BCUT2D eigenvalue weighted by atomic mass is 31.2. The van der Waals surface area contributed by atoms with Crippen LogP contribution in [-0.4, -0.2) is 65.8 Å². The highest BCUT2D eigenvalue weighted by Gasteiger charge is 2.54. The van der Waals surface area contributed by atoms with Crippen molar-refractivity contribution in [2.75, 3.05) is 18.9 Å². The summed E-state index contributed by atoms with van der Waals surface area (Å²) in [6.45, 7) is 1.24. The Hall–Kier alpha value is -2.51. The fourth-order valence-corrected chi connectivity index (χ4v) is 5.39. The third kappa shape index (κ3) is 4.02. The molecule has 5 heterocycles. The number of aliphatic hydroxyl groups is 2. The number of aromatic nitrogens is 5. The Kier molecular flexibility index (Phi) is 5.65. The number of nitrogens with zero attached hydrogens (tertiary/aromatic N) is 5. The monoisotopic (exact) mass is 478 g/mol. The van der Waals surface area contributed by atoms with E-state index >= 15 is 0 Å². The molecule has 176 valence electrons. The van der Waals surface area contributed by atoms with Crippen molar-refractivity contribution in [1.82, 2.24) is 24.6 Å². The quantitative estimate of drug-likeness (QED) is 0.443. The summed E-state index contributed by atoms with van der Waals surface area (Å²) in [5, 5.41) is 25.8. The van der Waals surface area contributed by atoms with Gasteiger partial charge in [-0.25, -0.2) is 19.0 Å². The summed E-state index contributed by atoms with van der Waals surface area (Å²) >= 11 is 0. The van der Waals surface area contributed by atoms with Crippen molar-refractivity contribution in [3.8, 4) is 0 Å². The molecule has 0 unspecified atom stereocenters. The Bertz CT molecular complexity index is 1190. The van der Waals surface area contributed by atoms with Crippen LogP contribution in [0.2, 0.25) is 0 Å². The van der Waals surface area contributed by atoms with Gasteiger partial charge in [-0.15, -0.1) is 0 Å². The van der Waals surface area contributed by atoms with E-state index in [1.54, 1.807) is 24.5 Å². The summed E-state index contributed by atoms with van der Waals surface area (Å²) in [5.41, 5.74) is 5.54. The summed E-state index contributed by atoms with van der Waals surface area (Å²) in [4.78, 5) is 12.0. The fraction of sp³-hybridized carbons (Fsp3) is 0.474. The second-order valence-corrected chi connectivity index (χ2v) is 9.65. The normalized spacial score (nSPS) is 34.6. The van der Waals surface area contributed by atoms with Gasteiger partial charge in [-0.1, -0.05) is 0 Å². The second kappa shape index (κ2) is 8.37. The van der Waals surface area contributed by atoms with Gasteiger partial charge in [0.1, 0.15) is 30.2 Å². The molecule has 0 aromatic carbocycles. The van der Waals surface area contributed by atoms with E-state index in [9.17, 15) is 14.8 Å². The van der Waals surface area contributed by atoms with Crippen LogP contribution in [0, 0.1) is 0 Å². The summed E-state index contributed by atoms with van der Waals surface area (Å²) in [6, 6.07) is 3.52. The summed E-state index contributed by atoms with van der Waals surface area (Å²) < 4.78 is 36.7. The minimum absolute atomic E-state index is 0.155. The van der Waals surface area contributed by atoms with Crippen molar-refractivity contribution in [2.24, 2.45) is 0 Å². The molecule has 0 bridgehead atoms. The molecule has 14 heteroatoms. The van der Waals surface area contributed by atoms with Crippen molar-refractivity contribution in [1.29, 1.82) is 0 Å². The molecule has 4 N–H and O–H groups in total. The number of aliphatic hydroxyl groups excluding tert-OH is 1. The van der Waals surface area contributed by atoms with Crippen LogP contribution in [0.3, 0.4) is 0 Å². The van der Waals surface area contributed by atoms with Crippen molar-refractivity contribution >= 4 is 19.3 Å². The SMILES string of the molecule is C[C@@]1(O)[C@H](O)[C@@H](CO[P@@]2(=O)OCC[C@@H](c3ccncc3)O2)O[C@H]1c1cnc2c(N)ncnn12. The molecule has 2 saturated heterocycles. The van der Waals surface area contributed by atoms with Gasteiger partial charge in [0.15, 0.2) is 11.5 Å². The largest absolute Gasteiger partial charge is 0.475 e. The standard InChI is InChI=1S/C19H23N6O7P/c1-19(27)15(26)14(31-16(19)12-8-22-18-17(20)23-10-24-25(12)18)9-30-33(28)29-7-4-13(32-33)11-2-5-21-6-3-11/h2-3,5-6,8,10,13-16,26-27H,4,7,9H2,1H3,(H2,20,23,24)/t13-,14+,15+,16-,19+,33+/m0/s1. The van der Waals surface area contributed by atoms with E-state index in [1.165, 1.54) is 24.0 Å². The molecule has 2 fully saturated rings. The number of anilines is 1. The van der Waals surface area contributed by atoms with Gasteiger partial charge in [0.2, 0.25) is 0 Å². The maximum absolute atomic E-state index is 13.0. The Morgan fingerprint density at radius 3 is 2.94 bits per heavy atom. The van der Waals surface area contributed by atoms with Crippen LogP contribution in [0.5, 0.6) is 0 Å². The molecule has 5 rings (SSSR count). The van der Waals surface area contributed by atoms with E-state index in [0.29, 0.717) is 12.1 Å². The maximum atomic E-state index is 13.0. The summed E-state index contributed by atoms with van der Waals surface area (Å²) in [7, 11) is -3.93. The molecule has 3 aromatic rings. The molecule has 6 atom stereocenters. The molecule has 0 amide bonds. The highest BCUT2D eigenvalue weighted by Crippen LogP contribution is 2.57. The number of nitrogens with two attached hydrogens (primary N) is 1. The van der Waals surface area contributed by atoms with Crippen LogP contribution in [0.15, 0.2) is 37.1 Å². The minimum atomic E-state index is -3.93. The van der Waals surface area contributed by atoms with Crippen molar-refractivity contribution in [3.63, 3.8) is 0 Å². The van der Waals surface area contributed by atoms with E-state index in [1.807, 2.05) is 0 Å². The third-order valence-corrected chi connectivity index (χ3v) is 7.26. The van der Waals surface area contributed by atoms with Crippen LogP contribution in [0.4, 0.5) is 5.82 Å². The molecular formula is C19H23N6O7P. The summed E-state index contributed by atoms with van der Waals surface area (Å²) in [5.74, 6) is 0.155. The van der Waals surface area contributed by atoms with Crippen LogP contribution in [0.25, 0.3) is 5.65 Å². The van der Waals surface area contributed by atoms with Crippen molar-refractivity contribution in [2.45, 2.75) is 43.4 Å². The Balaban J connectivity index is 1.31. The predicted octanol–water partition coefficient (Wildman–Crippen LogP) is 0.956. The van der Waals surface area contributed by atoms with E-state index < -0.39 is 37.8 Å². The van der Waals surface area contributed by atoms with Crippen LogP contribution in [0.1, 0.15) is 36.8 Å². The lowest BCUT2D eigenvalue weighted by molar-refractivity contribution is -0.0665. The average Bonchev–Trinajstić information content (AvgIpc) is 3.33. The molecule has 13 nitrogen and oxygen atoms in total. The number of imidazole rings is 1. The first-order chi connectivity index (χ1) is 15.8. The maximum Gasteiger partial charge on any atom is 0.475 e. The zero-order valence-corrected chi connectivity index (χ0v) is 18.5. The van der Waals surface area contributed by atoms with Crippen molar-refractivity contribution in [3.05, 3.63) is 48.3 Å². The molecule has 2 aliphatic rings. The minimum Gasteiger partial charge on any atom is -0.387 e. The summed E-state index contributed by atoms with van der Waals surface area (Å²) in [6.07, 6.45) is 2.49. The van der Waals surface area contributed by atoms with Gasteiger partial charge in [-0.3, -0.25) is 18.6 Å². The van der Waals surface area contributed by atoms with Gasteiger partial charge >= 0.3 is 7.82 Å². The van der Waals surface area contributed by atoms with Crippen LogP contribution >= 0.6 is 7.82 Å². The zero-order chi connectivity index (χ0) is 23.2. The van der Waals surface area contributed by atoms with Gasteiger partial charge in [-0.2, -0.15) is 5.10 Å². The lowest BCUT2D eigenvalue weighted by Crippen LogP contribution is -2.43. The molecule has 0 aliphatic carbocycles. The number of nitrogen functional groups attached to an aromatic ring is 1. The number of phosphoric acid groups is 1. The topological polar surface area (TPSA) is 176 Å². The smallest absolute Gasteiger partial charge is 0.387 e. The van der Waals surface area contributed by atoms with Gasteiger partial charge < -0.3 is 20.7 Å². The van der Waals surface area contributed by atoms with Crippen LogP contribution < -0.4 is 5.73 Å². The number of ether oxygens (including phenoxy) is 1. The molecule has 2 aliphatic heterocycles. The number of fused-ring (bicyclic) bond motifs is 1. The Morgan fingerprint density at radius 2 is 2.15 bits per heavy atom. The van der Waals surface area contributed by atoms with E-state index in [4.69, 9.17) is 24.0 Å². The fourth-order valence-electron chi connectivity index (χ4n) is 4.00. The highest BCUT2D eigenvalue weighted by molar-refractivity contribution is 7.48. The lowest BCUT2D eigenvalue weighted by atomic mass is 9.91. The number of phosphoric ester groups is 1. The molecule has 0 radical (unpaired) electrons. The number of hydrogen-bond acceptors (Lipinski definition) is 12. The van der Waals surface area contributed by atoms with E-state index in [0.717, 1.165) is 5.56 Å². The molecule has 0 saturated carbocycles. The van der Waals surface area contributed by atoms with Gasteiger partial charge in [0, 0.05) is 18.8 Å². The lowest BCUT2D eigenvalue weighted by Gasteiger charge is -2.30. The Labute approximate surface area is 188 Å². The van der Waals surface area contributed by atoms with Crippen molar-refractivity contribution < 1.29 is 33.1 Å². The first-order valence-electron chi connectivity index (χ1n) is 10.3. The van der Waals surface area contributed by atoms with E-state index in [-0.39, 0.29) is 24.7 Å². The third-order valence-electron chi connectivity index (χ3n) is 5.78. The zero-order valence-electron chi connectivity index (χ0n) is 17.6. The van der Waals surface area contributed by atoms with Gasteiger partial charge in [0.25, 0.3) is 0 Å². The molecule has 0 spiro atoms. The van der Waals surface area contributed by atoms with Crippen LogP contribution in [-0.2, 0) is 22.9 Å². The number of hydrogen-bond donors (Lipinski definition) is 3. The molecule has 33 heavy (non-hydrogen) atoms. The molecule has 3 aromatic heterocycles. The first-order valence-corrected chi connectivity index (χ1v) is 11.7. The van der Waals surface area contributed by atoms with Gasteiger partial charge in [0.05, 0.1) is 31.2 Å². The van der Waals surface area contributed by atoms with E-state index in [2.05, 4.69) is 20.1 Å². The number of pyridine rings is 1. The van der Waals surface area contributed by atoms with Gasteiger partial charge in [-0.05, 0) is 24.6 Å².